The van der Waals surface area contributed by atoms with Crippen LogP contribution in [0.5, 0.6) is 5.75 Å². The molecule has 1 fully saturated rings. The highest BCUT2D eigenvalue weighted by Crippen LogP contribution is 2.25. The molecule has 1 aliphatic heterocycles. The van der Waals surface area contributed by atoms with Crippen LogP contribution in [0.1, 0.15) is 62.8 Å². The largest absolute Gasteiger partial charge is 0.480 e. The minimum atomic E-state index is -0.498. The molecule has 1 N–H and O–H groups in total. The second-order valence-electron chi connectivity index (χ2n) is 8.78. The van der Waals surface area contributed by atoms with Crippen LogP contribution in [-0.2, 0) is 4.79 Å². The first kappa shape index (κ1) is 22.2. The van der Waals surface area contributed by atoms with Crippen molar-refractivity contribution in [2.45, 2.75) is 66.0 Å². The van der Waals surface area contributed by atoms with Crippen LogP contribution in [0, 0.1) is 19.8 Å². The number of rotatable bonds is 7. The molecule has 4 nitrogen and oxygen atoms in total. The highest BCUT2D eigenvalue weighted by Gasteiger charge is 2.22. The summed E-state index contributed by atoms with van der Waals surface area (Å²) in [5.41, 5.74) is 4.55. The number of benzene rings is 2. The number of ether oxygens (including phenoxy) is 1. The lowest BCUT2D eigenvalue weighted by atomic mass is 9.98. The summed E-state index contributed by atoms with van der Waals surface area (Å²) in [4.78, 5) is 15.3. The van der Waals surface area contributed by atoms with Crippen LogP contribution < -0.4 is 15.0 Å². The van der Waals surface area contributed by atoms with Gasteiger partial charge in [0.15, 0.2) is 6.10 Å². The van der Waals surface area contributed by atoms with Gasteiger partial charge in [-0.1, -0.05) is 38.1 Å². The lowest BCUT2D eigenvalue weighted by Gasteiger charge is -2.32. The molecule has 0 spiro atoms. The van der Waals surface area contributed by atoms with E-state index in [1.165, 1.54) is 18.5 Å². The van der Waals surface area contributed by atoms with Crippen molar-refractivity contribution >= 4 is 11.6 Å². The van der Waals surface area contributed by atoms with Gasteiger partial charge in [-0.15, -0.1) is 0 Å². The van der Waals surface area contributed by atoms with Gasteiger partial charge in [0, 0.05) is 18.8 Å². The molecule has 1 heterocycles. The Hall–Kier alpha value is -2.49. The quantitative estimate of drug-likeness (QED) is 0.651. The molecule has 0 aliphatic carbocycles. The van der Waals surface area contributed by atoms with E-state index in [2.05, 4.69) is 47.5 Å². The standard InChI is InChI=1S/C26H36N2O2/c1-6-24(30-25-17-19(3)7-8-20(25)4)26(29)27-21(5)22-9-11-23(12-10-22)28-15-13-18(2)14-16-28/h7-12,17-18,21,24H,6,13-16H2,1-5H3,(H,27,29). The van der Waals surface area contributed by atoms with Crippen LogP contribution in [0.4, 0.5) is 5.69 Å². The molecule has 3 rings (SSSR count). The second kappa shape index (κ2) is 10.0. The molecule has 30 heavy (non-hydrogen) atoms. The Morgan fingerprint density at radius 2 is 1.80 bits per heavy atom. The lowest BCUT2D eigenvalue weighted by Crippen LogP contribution is -2.39. The summed E-state index contributed by atoms with van der Waals surface area (Å²) in [5.74, 6) is 1.54. The number of anilines is 1. The van der Waals surface area contributed by atoms with Gasteiger partial charge in [0.05, 0.1) is 6.04 Å². The predicted molar refractivity (Wildman–Crippen MR) is 124 cm³/mol. The first-order valence-corrected chi connectivity index (χ1v) is 11.3. The van der Waals surface area contributed by atoms with Crippen molar-refractivity contribution in [2.24, 2.45) is 5.92 Å². The smallest absolute Gasteiger partial charge is 0.261 e. The molecule has 0 saturated carbocycles. The molecule has 2 unspecified atom stereocenters. The van der Waals surface area contributed by atoms with Crippen LogP contribution >= 0.6 is 0 Å². The number of nitrogens with zero attached hydrogens (tertiary/aromatic N) is 1. The van der Waals surface area contributed by atoms with E-state index in [-0.39, 0.29) is 11.9 Å². The van der Waals surface area contributed by atoms with Crippen LogP contribution in [0.15, 0.2) is 42.5 Å². The van der Waals surface area contributed by atoms with E-state index >= 15 is 0 Å². The second-order valence-corrected chi connectivity index (χ2v) is 8.78. The number of aryl methyl sites for hydroxylation is 2. The van der Waals surface area contributed by atoms with E-state index < -0.39 is 6.10 Å². The van der Waals surface area contributed by atoms with Crippen molar-refractivity contribution < 1.29 is 9.53 Å². The molecular weight excluding hydrogens is 372 g/mol. The fourth-order valence-corrected chi connectivity index (χ4v) is 3.94. The predicted octanol–water partition coefficient (Wildman–Crippen LogP) is 5.57. The number of carbonyl (C=O) groups excluding carboxylic acids is 1. The number of amides is 1. The maximum absolute atomic E-state index is 12.9. The van der Waals surface area contributed by atoms with Crippen molar-refractivity contribution in [3.63, 3.8) is 0 Å². The Kier molecular flexibility index (Phi) is 7.41. The Morgan fingerprint density at radius 3 is 2.43 bits per heavy atom. The van der Waals surface area contributed by atoms with Crippen LogP contribution in [-0.4, -0.2) is 25.1 Å². The molecule has 1 aliphatic rings. The summed E-state index contributed by atoms with van der Waals surface area (Å²) >= 11 is 0. The average Bonchev–Trinajstić information content (AvgIpc) is 2.74. The fraction of sp³-hybridized carbons (Fsp3) is 0.500. The molecule has 162 valence electrons. The summed E-state index contributed by atoms with van der Waals surface area (Å²) in [7, 11) is 0. The van der Waals surface area contributed by atoms with Crippen LogP contribution in [0.3, 0.4) is 0 Å². The van der Waals surface area contributed by atoms with E-state index in [1.807, 2.05) is 39.8 Å². The van der Waals surface area contributed by atoms with Crippen molar-refractivity contribution in [3.8, 4) is 5.75 Å². The lowest BCUT2D eigenvalue weighted by molar-refractivity contribution is -0.128. The summed E-state index contributed by atoms with van der Waals surface area (Å²) < 4.78 is 6.06. The van der Waals surface area contributed by atoms with Gasteiger partial charge >= 0.3 is 0 Å². The first-order valence-electron chi connectivity index (χ1n) is 11.3. The van der Waals surface area contributed by atoms with E-state index in [1.54, 1.807) is 0 Å². The fourth-order valence-electron chi connectivity index (χ4n) is 3.94. The number of carbonyl (C=O) groups is 1. The van der Waals surface area contributed by atoms with Gasteiger partial charge in [-0.05, 0) is 80.8 Å². The van der Waals surface area contributed by atoms with Crippen LogP contribution in [0.25, 0.3) is 0 Å². The molecule has 0 bridgehead atoms. The number of hydrogen-bond donors (Lipinski definition) is 1. The van der Waals surface area contributed by atoms with Gasteiger partial charge in [0.2, 0.25) is 0 Å². The summed E-state index contributed by atoms with van der Waals surface area (Å²) in [6, 6.07) is 14.6. The minimum Gasteiger partial charge on any atom is -0.480 e. The van der Waals surface area contributed by atoms with E-state index in [4.69, 9.17) is 4.74 Å². The Labute approximate surface area is 181 Å². The third kappa shape index (κ3) is 5.56. The van der Waals surface area contributed by atoms with Crippen molar-refractivity contribution in [1.82, 2.24) is 5.32 Å². The zero-order valence-corrected chi connectivity index (χ0v) is 19.1. The molecule has 2 atom stereocenters. The van der Waals surface area contributed by atoms with Gasteiger partial charge < -0.3 is 15.0 Å². The molecular formula is C26H36N2O2. The third-order valence-corrected chi connectivity index (χ3v) is 6.18. The van der Waals surface area contributed by atoms with Crippen molar-refractivity contribution in [1.29, 1.82) is 0 Å². The monoisotopic (exact) mass is 408 g/mol. The van der Waals surface area contributed by atoms with Gasteiger partial charge in [0.1, 0.15) is 5.75 Å². The van der Waals surface area contributed by atoms with Crippen molar-refractivity contribution in [3.05, 3.63) is 59.2 Å². The molecule has 1 saturated heterocycles. The molecule has 4 heteroatoms. The molecule has 1 amide bonds. The highest BCUT2D eigenvalue weighted by atomic mass is 16.5. The zero-order chi connectivity index (χ0) is 21.7. The SMILES string of the molecule is CCC(Oc1cc(C)ccc1C)C(=O)NC(C)c1ccc(N2CCC(C)CC2)cc1. The van der Waals surface area contributed by atoms with E-state index in [9.17, 15) is 4.79 Å². The van der Waals surface area contributed by atoms with E-state index in [0.29, 0.717) is 6.42 Å². The van der Waals surface area contributed by atoms with Gasteiger partial charge in [-0.2, -0.15) is 0 Å². The Bertz CT molecular complexity index is 839. The molecule has 0 aromatic heterocycles. The minimum absolute atomic E-state index is 0.0656. The molecule has 2 aromatic rings. The number of piperidine rings is 1. The summed E-state index contributed by atoms with van der Waals surface area (Å²) in [6.45, 7) is 12.6. The number of nitrogens with one attached hydrogen (secondary N) is 1. The van der Waals surface area contributed by atoms with Gasteiger partial charge in [-0.3, -0.25) is 4.79 Å². The maximum atomic E-state index is 12.9. The normalized spacial score (nSPS) is 16.8. The Balaban J connectivity index is 1.60. The van der Waals surface area contributed by atoms with E-state index in [0.717, 1.165) is 41.4 Å². The zero-order valence-electron chi connectivity index (χ0n) is 19.1. The molecule has 0 radical (unpaired) electrons. The molecule has 2 aromatic carbocycles. The summed E-state index contributed by atoms with van der Waals surface area (Å²) in [6.07, 6.45) is 2.64. The average molecular weight is 409 g/mol. The van der Waals surface area contributed by atoms with Crippen LogP contribution in [0.2, 0.25) is 0 Å². The number of hydrogen-bond acceptors (Lipinski definition) is 3. The topological polar surface area (TPSA) is 41.6 Å². The highest BCUT2D eigenvalue weighted by molar-refractivity contribution is 5.81. The summed E-state index contributed by atoms with van der Waals surface area (Å²) in [5, 5.41) is 3.13. The van der Waals surface area contributed by atoms with Gasteiger partial charge in [-0.25, -0.2) is 0 Å². The maximum Gasteiger partial charge on any atom is 0.261 e. The third-order valence-electron chi connectivity index (χ3n) is 6.18. The first-order chi connectivity index (χ1) is 14.4. The van der Waals surface area contributed by atoms with Crippen molar-refractivity contribution in [2.75, 3.05) is 18.0 Å². The Morgan fingerprint density at radius 1 is 1.13 bits per heavy atom. The van der Waals surface area contributed by atoms with Gasteiger partial charge in [0.25, 0.3) is 5.91 Å².